The minimum absolute atomic E-state index is 0.0225. The number of nitrogens with one attached hydrogen (secondary N) is 1. The third kappa shape index (κ3) is 4.88. The zero-order chi connectivity index (χ0) is 15.2. The molecule has 0 unspecified atom stereocenters. The van der Waals surface area contributed by atoms with Gasteiger partial charge in [-0.15, -0.1) is 0 Å². The van der Waals surface area contributed by atoms with Gasteiger partial charge in [-0.05, 0) is 31.0 Å². The number of rotatable bonds is 6. The molecule has 1 aromatic carbocycles. The van der Waals surface area contributed by atoms with Gasteiger partial charge in [-0.25, -0.2) is 0 Å². The molecular formula is C15H21ClN2O3. The predicted molar refractivity (Wildman–Crippen MR) is 81.6 cm³/mol. The molecule has 0 spiro atoms. The van der Waals surface area contributed by atoms with Crippen molar-refractivity contribution in [2.45, 2.75) is 25.0 Å². The summed E-state index contributed by atoms with van der Waals surface area (Å²) in [6.45, 7) is 1.63. The van der Waals surface area contributed by atoms with E-state index in [-0.39, 0.29) is 11.9 Å². The van der Waals surface area contributed by atoms with Crippen LogP contribution in [0.2, 0.25) is 5.02 Å². The first-order valence-electron chi connectivity index (χ1n) is 7.11. The van der Waals surface area contributed by atoms with E-state index in [1.165, 1.54) is 0 Å². The number of halogens is 1. The van der Waals surface area contributed by atoms with Gasteiger partial charge in [0.2, 0.25) is 5.91 Å². The second-order valence-corrected chi connectivity index (χ2v) is 5.71. The van der Waals surface area contributed by atoms with Crippen LogP contribution in [0.25, 0.3) is 0 Å². The van der Waals surface area contributed by atoms with Crippen molar-refractivity contribution in [2.24, 2.45) is 0 Å². The minimum Gasteiger partial charge on any atom is -0.493 e. The lowest BCUT2D eigenvalue weighted by Crippen LogP contribution is -2.42. The molecule has 1 amide bonds. The highest BCUT2D eigenvalue weighted by Gasteiger charge is 2.29. The standard InChI is InChI=1S/C15H21ClN2O3/c1-18(15(20)14-9-12(19)10-17-14)6-3-7-21-13-5-2-4-11(16)8-13/h2,4-5,8,12,14,17,19H,3,6-7,9-10H2,1H3/t12-,14-/m0/s1. The Morgan fingerprint density at radius 1 is 1.57 bits per heavy atom. The van der Waals surface area contributed by atoms with Gasteiger partial charge in [0.05, 0.1) is 18.8 Å². The Labute approximate surface area is 129 Å². The summed E-state index contributed by atoms with van der Waals surface area (Å²) >= 11 is 5.87. The summed E-state index contributed by atoms with van der Waals surface area (Å²) < 4.78 is 5.58. The Bertz CT molecular complexity index is 484. The lowest BCUT2D eigenvalue weighted by Gasteiger charge is -2.21. The molecule has 6 heteroatoms. The van der Waals surface area contributed by atoms with Crippen molar-refractivity contribution in [1.82, 2.24) is 10.2 Å². The molecule has 2 atom stereocenters. The van der Waals surface area contributed by atoms with Crippen molar-refractivity contribution in [3.8, 4) is 5.75 Å². The summed E-state index contributed by atoms with van der Waals surface area (Å²) in [5.41, 5.74) is 0. The van der Waals surface area contributed by atoms with Crippen molar-refractivity contribution < 1.29 is 14.6 Å². The van der Waals surface area contributed by atoms with E-state index in [2.05, 4.69) is 5.32 Å². The van der Waals surface area contributed by atoms with E-state index < -0.39 is 6.10 Å². The maximum atomic E-state index is 12.1. The molecule has 5 nitrogen and oxygen atoms in total. The first-order chi connectivity index (χ1) is 10.1. The fourth-order valence-electron chi connectivity index (χ4n) is 2.33. The molecule has 1 heterocycles. The van der Waals surface area contributed by atoms with Crippen LogP contribution in [0.4, 0.5) is 0 Å². The first kappa shape index (κ1) is 16.1. The normalized spacial score (nSPS) is 21.3. The van der Waals surface area contributed by atoms with E-state index in [1.807, 2.05) is 12.1 Å². The third-order valence-corrected chi connectivity index (χ3v) is 3.72. The maximum Gasteiger partial charge on any atom is 0.239 e. The van der Waals surface area contributed by atoms with Gasteiger partial charge in [0, 0.05) is 25.2 Å². The molecule has 1 fully saturated rings. The highest BCUT2D eigenvalue weighted by molar-refractivity contribution is 6.30. The molecule has 2 N–H and O–H groups in total. The summed E-state index contributed by atoms with van der Waals surface area (Å²) in [4.78, 5) is 13.8. The Balaban J connectivity index is 1.67. The summed E-state index contributed by atoms with van der Waals surface area (Å²) in [5, 5.41) is 13.1. The van der Waals surface area contributed by atoms with E-state index in [0.717, 1.165) is 12.2 Å². The maximum absolute atomic E-state index is 12.1. The van der Waals surface area contributed by atoms with Gasteiger partial charge >= 0.3 is 0 Å². The number of β-amino-alcohol motifs (C(OH)–C–C–N with tert-alkyl or cyclic N) is 1. The van der Waals surface area contributed by atoms with Crippen LogP contribution in [0.15, 0.2) is 24.3 Å². The van der Waals surface area contributed by atoms with E-state index >= 15 is 0 Å². The zero-order valence-electron chi connectivity index (χ0n) is 12.1. The highest BCUT2D eigenvalue weighted by atomic mass is 35.5. The van der Waals surface area contributed by atoms with E-state index in [0.29, 0.717) is 31.1 Å². The molecule has 0 saturated carbocycles. The SMILES string of the molecule is CN(CCCOc1cccc(Cl)c1)C(=O)[C@@H]1C[C@H](O)CN1. The van der Waals surface area contributed by atoms with E-state index in [1.54, 1.807) is 24.1 Å². The quantitative estimate of drug-likeness (QED) is 0.777. The first-order valence-corrected chi connectivity index (χ1v) is 7.49. The summed E-state index contributed by atoms with van der Waals surface area (Å²) in [5.74, 6) is 0.756. The highest BCUT2D eigenvalue weighted by Crippen LogP contribution is 2.17. The van der Waals surface area contributed by atoms with Crippen LogP contribution in [-0.2, 0) is 4.79 Å². The number of hydrogen-bond donors (Lipinski definition) is 2. The predicted octanol–water partition coefficient (Wildman–Crippen LogP) is 1.29. The number of aliphatic hydroxyl groups excluding tert-OH is 1. The van der Waals surface area contributed by atoms with E-state index in [9.17, 15) is 9.90 Å². The average Bonchev–Trinajstić information content (AvgIpc) is 2.89. The molecule has 2 rings (SSSR count). The van der Waals surface area contributed by atoms with Gasteiger partial charge < -0.3 is 20.1 Å². The number of likely N-dealkylation sites (N-methyl/N-ethyl adjacent to an activating group) is 1. The molecule has 0 aliphatic carbocycles. The topological polar surface area (TPSA) is 61.8 Å². The van der Waals surface area contributed by atoms with Crippen LogP contribution in [0, 0.1) is 0 Å². The smallest absolute Gasteiger partial charge is 0.239 e. The number of amides is 1. The number of hydrogen-bond acceptors (Lipinski definition) is 4. The van der Waals surface area contributed by atoms with Gasteiger partial charge in [0.1, 0.15) is 5.75 Å². The summed E-state index contributed by atoms with van der Waals surface area (Å²) in [6.07, 6.45) is 0.810. The molecule has 0 radical (unpaired) electrons. The monoisotopic (exact) mass is 312 g/mol. The fourth-order valence-corrected chi connectivity index (χ4v) is 2.51. The molecule has 21 heavy (non-hydrogen) atoms. The Morgan fingerprint density at radius 2 is 2.38 bits per heavy atom. The van der Waals surface area contributed by atoms with Crippen LogP contribution in [0.5, 0.6) is 5.75 Å². The lowest BCUT2D eigenvalue weighted by atomic mass is 10.2. The Morgan fingerprint density at radius 3 is 3.05 bits per heavy atom. The van der Waals surface area contributed by atoms with Gasteiger partial charge in [-0.2, -0.15) is 0 Å². The number of carbonyl (C=O) groups excluding carboxylic acids is 1. The summed E-state index contributed by atoms with van der Waals surface area (Å²) in [6, 6.07) is 6.98. The Hall–Kier alpha value is -1.30. The van der Waals surface area contributed by atoms with Gasteiger partial charge in [-0.1, -0.05) is 17.7 Å². The lowest BCUT2D eigenvalue weighted by molar-refractivity contribution is -0.132. The largest absolute Gasteiger partial charge is 0.493 e. The van der Waals surface area contributed by atoms with Crippen LogP contribution in [-0.4, -0.2) is 54.8 Å². The van der Waals surface area contributed by atoms with Crippen LogP contribution >= 0.6 is 11.6 Å². The minimum atomic E-state index is -0.418. The number of benzene rings is 1. The van der Waals surface area contributed by atoms with Crippen LogP contribution in [0.3, 0.4) is 0 Å². The zero-order valence-corrected chi connectivity index (χ0v) is 12.8. The fraction of sp³-hybridized carbons (Fsp3) is 0.533. The van der Waals surface area contributed by atoms with Gasteiger partial charge in [0.15, 0.2) is 0 Å². The molecule has 116 valence electrons. The molecular weight excluding hydrogens is 292 g/mol. The van der Waals surface area contributed by atoms with Crippen molar-refractivity contribution in [2.75, 3.05) is 26.7 Å². The summed E-state index contributed by atoms with van der Waals surface area (Å²) in [7, 11) is 1.77. The van der Waals surface area contributed by atoms with Crippen molar-refractivity contribution in [3.05, 3.63) is 29.3 Å². The van der Waals surface area contributed by atoms with Crippen molar-refractivity contribution >= 4 is 17.5 Å². The number of carbonyl (C=O) groups is 1. The molecule has 1 aliphatic rings. The second kappa shape index (κ2) is 7.64. The molecule has 0 bridgehead atoms. The molecule has 1 saturated heterocycles. The molecule has 1 aromatic rings. The second-order valence-electron chi connectivity index (χ2n) is 5.27. The Kier molecular flexibility index (Phi) is 5.85. The van der Waals surface area contributed by atoms with Gasteiger partial charge in [-0.3, -0.25) is 4.79 Å². The third-order valence-electron chi connectivity index (χ3n) is 3.48. The van der Waals surface area contributed by atoms with Crippen LogP contribution in [0.1, 0.15) is 12.8 Å². The van der Waals surface area contributed by atoms with Crippen molar-refractivity contribution in [1.29, 1.82) is 0 Å². The van der Waals surface area contributed by atoms with Crippen LogP contribution < -0.4 is 10.1 Å². The number of aliphatic hydroxyl groups is 1. The molecule has 1 aliphatic heterocycles. The van der Waals surface area contributed by atoms with Gasteiger partial charge in [0.25, 0.3) is 0 Å². The number of ether oxygens (including phenoxy) is 1. The average molecular weight is 313 g/mol. The van der Waals surface area contributed by atoms with Crippen molar-refractivity contribution in [3.63, 3.8) is 0 Å². The van der Waals surface area contributed by atoms with E-state index in [4.69, 9.17) is 16.3 Å². The number of nitrogens with zero attached hydrogens (tertiary/aromatic N) is 1. The molecule has 0 aromatic heterocycles.